The number of rotatable bonds is 11. The molecule has 1 aliphatic heterocycles. The zero-order valence-corrected chi connectivity index (χ0v) is 25.2. The Labute approximate surface area is 251 Å². The van der Waals surface area contributed by atoms with Crippen LogP contribution < -0.4 is 19.8 Å². The molecule has 0 bridgehead atoms. The summed E-state index contributed by atoms with van der Waals surface area (Å²) in [5.74, 6) is -4.15. The summed E-state index contributed by atoms with van der Waals surface area (Å²) in [6, 6.07) is 4.22. The van der Waals surface area contributed by atoms with Crippen molar-refractivity contribution >= 4 is 40.8 Å². The molecule has 5 atom stereocenters. The molecule has 0 amide bonds. The first-order chi connectivity index (χ1) is 20.7. The van der Waals surface area contributed by atoms with Crippen molar-refractivity contribution in [1.82, 2.24) is 0 Å². The molecule has 2 heterocycles. The van der Waals surface area contributed by atoms with Gasteiger partial charge in [0.15, 0.2) is 18.0 Å². The third kappa shape index (κ3) is 8.69. The van der Waals surface area contributed by atoms with E-state index in [0.717, 1.165) is 27.7 Å². The number of carbonyl (C=O) groups is 5. The number of esters is 5. The molecule has 44 heavy (non-hydrogen) atoms. The van der Waals surface area contributed by atoms with Gasteiger partial charge in [0, 0.05) is 40.2 Å². The van der Waals surface area contributed by atoms with Gasteiger partial charge in [-0.2, -0.15) is 0 Å². The van der Waals surface area contributed by atoms with Gasteiger partial charge in [0.2, 0.25) is 12.4 Å². The van der Waals surface area contributed by atoms with Gasteiger partial charge in [0.05, 0.1) is 11.5 Å². The number of fused-ring (bicyclic) bond motifs is 1. The number of carbonyl (C=O) groups excluding carboxylic acids is 5. The maximum absolute atomic E-state index is 12.8. The molecule has 3 rings (SSSR count). The van der Waals surface area contributed by atoms with Gasteiger partial charge < -0.3 is 42.3 Å². The van der Waals surface area contributed by atoms with Crippen LogP contribution in [0.5, 0.6) is 17.2 Å². The normalized spacial score (nSPS) is 21.2. The molecule has 240 valence electrons. The average molecular weight is 623 g/mol. The molecular weight excluding hydrogens is 588 g/mol. The minimum atomic E-state index is -1.52. The predicted molar refractivity (Wildman–Crippen MR) is 147 cm³/mol. The lowest BCUT2D eigenvalue weighted by molar-refractivity contribution is -0.288. The van der Waals surface area contributed by atoms with Gasteiger partial charge in [-0.1, -0.05) is 6.92 Å². The Bertz CT molecular complexity index is 1460. The second-order valence-electron chi connectivity index (χ2n) is 9.89. The molecule has 0 spiro atoms. The minimum Gasteiger partial charge on any atom is -0.486 e. The summed E-state index contributed by atoms with van der Waals surface area (Å²) in [7, 11) is 0. The summed E-state index contributed by atoms with van der Waals surface area (Å²) in [4.78, 5) is 72.4. The Hall–Kier alpha value is -4.66. The summed E-state index contributed by atoms with van der Waals surface area (Å²) >= 11 is 0. The fraction of sp³-hybridized carbons (Fsp3) is 0.517. The largest absolute Gasteiger partial charge is 0.486 e. The molecule has 1 aliphatic rings. The highest BCUT2D eigenvalue weighted by molar-refractivity contribution is 5.88. The van der Waals surface area contributed by atoms with E-state index in [1.165, 1.54) is 18.2 Å². The van der Waals surface area contributed by atoms with Crippen molar-refractivity contribution in [2.24, 2.45) is 0 Å². The van der Waals surface area contributed by atoms with Crippen molar-refractivity contribution < 1.29 is 66.3 Å². The van der Waals surface area contributed by atoms with Crippen molar-refractivity contribution in [3.8, 4) is 17.2 Å². The molecule has 2 aromatic rings. The first-order valence-electron chi connectivity index (χ1n) is 13.6. The lowest BCUT2D eigenvalue weighted by Gasteiger charge is -2.43. The van der Waals surface area contributed by atoms with Gasteiger partial charge in [-0.3, -0.25) is 24.0 Å². The number of benzene rings is 1. The van der Waals surface area contributed by atoms with Crippen LogP contribution in [-0.4, -0.2) is 73.3 Å². The second kappa shape index (κ2) is 14.7. The van der Waals surface area contributed by atoms with Crippen molar-refractivity contribution in [2.45, 2.75) is 91.7 Å². The predicted octanol–water partition coefficient (Wildman–Crippen LogP) is 2.36. The molecule has 0 unspecified atom stereocenters. The molecular formula is C29H34O15. The Morgan fingerprint density at radius 3 is 2.02 bits per heavy atom. The zero-order valence-electron chi connectivity index (χ0n) is 25.2. The third-order valence-electron chi connectivity index (χ3n) is 5.85. The van der Waals surface area contributed by atoms with E-state index in [9.17, 15) is 28.8 Å². The van der Waals surface area contributed by atoms with Gasteiger partial charge in [-0.15, -0.1) is 0 Å². The minimum absolute atomic E-state index is 0.00135. The van der Waals surface area contributed by atoms with Crippen molar-refractivity contribution in [3.05, 3.63) is 28.6 Å². The summed E-state index contributed by atoms with van der Waals surface area (Å²) in [6.07, 6.45) is -7.45. The Morgan fingerprint density at radius 1 is 0.841 bits per heavy atom. The number of hydrogen-bond acceptors (Lipinski definition) is 15. The fourth-order valence-electron chi connectivity index (χ4n) is 4.25. The van der Waals surface area contributed by atoms with Crippen LogP contribution in [0.25, 0.3) is 11.0 Å². The van der Waals surface area contributed by atoms with Crippen LogP contribution in [-0.2, 0) is 47.7 Å². The molecule has 0 aliphatic carbocycles. The Balaban J connectivity index is 2.09. The van der Waals surface area contributed by atoms with Crippen LogP contribution >= 0.6 is 0 Å². The van der Waals surface area contributed by atoms with Crippen molar-refractivity contribution in [1.29, 1.82) is 0 Å². The highest BCUT2D eigenvalue weighted by Crippen LogP contribution is 2.37. The zero-order chi connectivity index (χ0) is 32.7. The first-order valence-corrected chi connectivity index (χ1v) is 13.6. The lowest BCUT2D eigenvalue weighted by atomic mass is 9.98. The van der Waals surface area contributed by atoms with Gasteiger partial charge >= 0.3 is 35.5 Å². The first kappa shape index (κ1) is 33.8. The highest BCUT2D eigenvalue weighted by Gasteiger charge is 2.53. The topological polar surface area (TPSA) is 189 Å². The van der Waals surface area contributed by atoms with Gasteiger partial charge in [0.1, 0.15) is 24.0 Å². The summed E-state index contributed by atoms with van der Waals surface area (Å²) < 4.78 is 49.5. The van der Waals surface area contributed by atoms with Crippen LogP contribution in [0.15, 0.2) is 27.4 Å². The van der Waals surface area contributed by atoms with Crippen LogP contribution in [0.4, 0.5) is 0 Å². The summed E-state index contributed by atoms with van der Waals surface area (Å²) in [6.45, 7) is 8.99. The van der Waals surface area contributed by atoms with Crippen LogP contribution in [0.2, 0.25) is 0 Å². The second-order valence-corrected chi connectivity index (χ2v) is 9.89. The Kier molecular flexibility index (Phi) is 11.3. The van der Waals surface area contributed by atoms with Gasteiger partial charge in [0.25, 0.3) is 5.75 Å². The van der Waals surface area contributed by atoms with E-state index in [-0.39, 0.29) is 28.9 Å². The van der Waals surface area contributed by atoms with E-state index in [0.29, 0.717) is 0 Å². The quantitative estimate of drug-likeness (QED) is 0.201. The fourth-order valence-corrected chi connectivity index (χ4v) is 4.25. The molecule has 15 heteroatoms. The maximum Gasteiger partial charge on any atom is 0.383 e. The summed E-state index contributed by atoms with van der Waals surface area (Å²) in [5, 5.41) is 0.270. The maximum atomic E-state index is 12.8. The smallest absolute Gasteiger partial charge is 0.383 e. The number of hydrogen-bond donors (Lipinski definition) is 0. The van der Waals surface area contributed by atoms with Crippen molar-refractivity contribution in [3.63, 3.8) is 0 Å². The molecule has 1 fully saturated rings. The number of ether oxygens (including phenoxy) is 8. The lowest BCUT2D eigenvalue weighted by Crippen LogP contribution is -2.63. The Morgan fingerprint density at radius 2 is 1.45 bits per heavy atom. The molecule has 15 nitrogen and oxygen atoms in total. The molecule has 1 saturated heterocycles. The van der Waals surface area contributed by atoms with Crippen LogP contribution in [0.3, 0.4) is 0 Å². The molecule has 0 radical (unpaired) electrons. The van der Waals surface area contributed by atoms with E-state index < -0.39 is 84.6 Å². The van der Waals surface area contributed by atoms with E-state index in [1.54, 1.807) is 20.8 Å². The van der Waals surface area contributed by atoms with E-state index in [2.05, 4.69) is 0 Å². The molecule has 0 N–H and O–H groups in total. The van der Waals surface area contributed by atoms with E-state index in [1.807, 2.05) is 0 Å². The van der Waals surface area contributed by atoms with Gasteiger partial charge in [-0.25, -0.2) is 4.79 Å². The third-order valence-corrected chi connectivity index (χ3v) is 5.85. The SMILES string of the molecule is CCC(=O)Oc1c(OC(C)C)c2ccc(O[C@@H]3O[C@H](COC(C)=O)[C@H](OC(C)=O)[C@H](OC(C)=O)[C@H]3OC(C)=O)cc2oc1=O. The van der Waals surface area contributed by atoms with Crippen LogP contribution in [0.1, 0.15) is 54.9 Å². The monoisotopic (exact) mass is 622 g/mol. The molecule has 1 aromatic carbocycles. The summed E-state index contributed by atoms with van der Waals surface area (Å²) in [5.41, 5.74) is -1.01. The van der Waals surface area contributed by atoms with Crippen molar-refractivity contribution in [2.75, 3.05) is 6.61 Å². The van der Waals surface area contributed by atoms with E-state index >= 15 is 0 Å². The average Bonchev–Trinajstić information content (AvgIpc) is 2.91. The highest BCUT2D eigenvalue weighted by atomic mass is 16.7. The van der Waals surface area contributed by atoms with E-state index in [4.69, 9.17) is 42.3 Å². The van der Waals surface area contributed by atoms with Crippen LogP contribution in [0, 0.1) is 0 Å². The molecule has 0 saturated carbocycles. The van der Waals surface area contributed by atoms with Gasteiger partial charge in [-0.05, 0) is 26.0 Å². The standard InChI is InChI=1S/C29H34O15/c1-8-22(34)44-26-23(37-13(2)3)19-10-9-18(11-20(19)42-28(26)35)41-29-27(40-17(7)33)25(39-16(6)32)24(38-15(5)31)21(43-29)12-36-14(4)30/h9-11,13,21,24-25,27,29H,8,12H2,1-7H3/t21-,24+,25+,27-,29-/m1/s1. The molecule has 1 aromatic heterocycles.